The van der Waals surface area contributed by atoms with Gasteiger partial charge in [0.2, 0.25) is 10.5 Å². The molecule has 0 aromatic rings. The summed E-state index contributed by atoms with van der Waals surface area (Å²) in [6.45, 7) is 2.07. The molecule has 0 saturated heterocycles. The first kappa shape index (κ1) is 17.9. The van der Waals surface area contributed by atoms with Crippen LogP contribution in [0.5, 0.6) is 0 Å². The van der Waals surface area contributed by atoms with Gasteiger partial charge in [0.15, 0.2) is 0 Å². The third-order valence-electron chi connectivity index (χ3n) is 3.08. The van der Waals surface area contributed by atoms with Crippen molar-refractivity contribution in [3.05, 3.63) is 0 Å². The number of rotatable bonds is 12. The Labute approximate surface area is 120 Å². The molecule has 0 rings (SSSR count). The second-order valence-electron chi connectivity index (χ2n) is 5.03. The molecule has 0 heterocycles. The molecule has 18 heavy (non-hydrogen) atoms. The molecule has 2 nitrogen and oxygen atoms in total. The van der Waals surface area contributed by atoms with Crippen LogP contribution in [0.15, 0.2) is 0 Å². The highest BCUT2D eigenvalue weighted by Gasteiger charge is 2.06. The lowest BCUT2D eigenvalue weighted by Crippen LogP contribution is -1.99. The Balaban J connectivity index is 3.16. The maximum atomic E-state index is 10.7. The normalized spacial score (nSPS) is 12.4. The summed E-state index contributed by atoms with van der Waals surface area (Å²) < 4.78 is 0. The number of hydrogen-bond acceptors (Lipinski definition) is 2. The van der Waals surface area contributed by atoms with Crippen molar-refractivity contribution in [1.29, 1.82) is 0 Å². The number of unbranched alkanes of at least 4 members (excludes halogenated alkanes) is 6. The van der Waals surface area contributed by atoms with Crippen LogP contribution >= 0.6 is 23.2 Å². The minimum atomic E-state index is -0.226. The van der Waals surface area contributed by atoms with E-state index in [2.05, 4.69) is 6.92 Å². The van der Waals surface area contributed by atoms with E-state index < -0.39 is 0 Å². The van der Waals surface area contributed by atoms with Gasteiger partial charge in [0.1, 0.15) is 0 Å². The molecule has 0 fully saturated rings. The molecule has 0 aliphatic carbocycles. The number of carbonyl (C=O) groups excluding carboxylic acids is 2. The molecule has 0 aliphatic heterocycles. The summed E-state index contributed by atoms with van der Waals surface area (Å²) in [5, 5.41) is -0.450. The summed E-state index contributed by atoms with van der Waals surface area (Å²) in [6, 6.07) is 0. The molecule has 1 unspecified atom stereocenters. The van der Waals surface area contributed by atoms with Gasteiger partial charge in [-0.3, -0.25) is 9.59 Å². The molecule has 0 aromatic carbocycles. The number of hydrogen-bond donors (Lipinski definition) is 0. The van der Waals surface area contributed by atoms with Gasteiger partial charge in [-0.15, -0.1) is 0 Å². The Bertz CT molecular complexity index is 242. The molecule has 0 N–H and O–H groups in total. The van der Waals surface area contributed by atoms with E-state index in [-0.39, 0.29) is 10.5 Å². The quantitative estimate of drug-likeness (QED) is 0.373. The van der Waals surface area contributed by atoms with Crippen LogP contribution < -0.4 is 0 Å². The Morgan fingerprint density at radius 3 is 1.83 bits per heavy atom. The van der Waals surface area contributed by atoms with E-state index in [0.717, 1.165) is 19.3 Å². The summed E-state index contributed by atoms with van der Waals surface area (Å²) in [4.78, 5) is 21.2. The number of carbonyl (C=O) groups is 2. The molecule has 0 aromatic heterocycles. The fourth-order valence-corrected chi connectivity index (χ4v) is 2.41. The summed E-state index contributed by atoms with van der Waals surface area (Å²) in [5.41, 5.74) is 0. The van der Waals surface area contributed by atoms with Gasteiger partial charge >= 0.3 is 0 Å². The van der Waals surface area contributed by atoms with Crippen molar-refractivity contribution >= 4 is 33.7 Å². The lowest BCUT2D eigenvalue weighted by Gasteiger charge is -2.07. The standard InChI is InChI=1S/C14H24Cl2O2/c1-12(11-14(16)18)9-7-5-3-2-4-6-8-10-13(15)17/h12H,2-11H2,1H3. The van der Waals surface area contributed by atoms with Crippen molar-refractivity contribution in [1.82, 2.24) is 0 Å². The van der Waals surface area contributed by atoms with Gasteiger partial charge in [-0.1, -0.05) is 51.9 Å². The van der Waals surface area contributed by atoms with Crippen LogP contribution in [0, 0.1) is 5.92 Å². The van der Waals surface area contributed by atoms with Crippen molar-refractivity contribution in [3.8, 4) is 0 Å². The predicted molar refractivity (Wildman–Crippen MR) is 77.1 cm³/mol. The SMILES string of the molecule is CC(CCCCCCCCCC(=O)Cl)CC(=O)Cl. The number of halogens is 2. The van der Waals surface area contributed by atoms with Crippen molar-refractivity contribution in [2.45, 2.75) is 71.1 Å². The minimum Gasteiger partial charge on any atom is -0.281 e. The molecule has 1 atom stereocenters. The Kier molecular flexibility index (Phi) is 11.9. The minimum absolute atomic E-state index is 0.224. The zero-order chi connectivity index (χ0) is 13.8. The molecule has 0 aliphatic rings. The van der Waals surface area contributed by atoms with E-state index in [1.54, 1.807) is 0 Å². The van der Waals surface area contributed by atoms with E-state index in [0.29, 0.717) is 18.8 Å². The average molecular weight is 295 g/mol. The Hall–Kier alpha value is -0.0800. The van der Waals surface area contributed by atoms with E-state index in [1.165, 1.54) is 32.1 Å². The van der Waals surface area contributed by atoms with Crippen LogP contribution in [0.1, 0.15) is 71.1 Å². The summed E-state index contributed by atoms with van der Waals surface area (Å²) >= 11 is 10.6. The summed E-state index contributed by atoms with van der Waals surface area (Å²) in [6.07, 6.45) is 10.1. The topological polar surface area (TPSA) is 34.1 Å². The van der Waals surface area contributed by atoms with Crippen molar-refractivity contribution < 1.29 is 9.59 Å². The maximum Gasteiger partial charge on any atom is 0.221 e. The highest BCUT2D eigenvalue weighted by Crippen LogP contribution is 2.16. The fourth-order valence-electron chi connectivity index (χ4n) is 2.02. The molecule has 0 spiro atoms. The molecule has 4 heteroatoms. The van der Waals surface area contributed by atoms with Gasteiger partial charge in [-0.05, 0) is 35.5 Å². The molecule has 0 radical (unpaired) electrons. The summed E-state index contributed by atoms with van der Waals surface area (Å²) in [7, 11) is 0. The van der Waals surface area contributed by atoms with Crippen LogP contribution in [0.2, 0.25) is 0 Å². The zero-order valence-electron chi connectivity index (χ0n) is 11.2. The molecule has 0 amide bonds. The lowest BCUT2D eigenvalue weighted by atomic mass is 9.99. The Morgan fingerprint density at radius 1 is 0.833 bits per heavy atom. The van der Waals surface area contributed by atoms with Gasteiger partial charge in [-0.2, -0.15) is 0 Å². The van der Waals surface area contributed by atoms with Gasteiger partial charge in [0.05, 0.1) is 0 Å². The maximum absolute atomic E-state index is 10.7. The first-order chi connectivity index (χ1) is 8.52. The molecule has 0 saturated carbocycles. The van der Waals surface area contributed by atoms with Crippen molar-refractivity contribution in [2.24, 2.45) is 5.92 Å². The van der Waals surface area contributed by atoms with E-state index in [1.807, 2.05) is 0 Å². The molecular weight excluding hydrogens is 271 g/mol. The Morgan fingerprint density at radius 2 is 1.33 bits per heavy atom. The van der Waals surface area contributed by atoms with E-state index in [9.17, 15) is 9.59 Å². The average Bonchev–Trinajstić information content (AvgIpc) is 2.25. The molecule has 106 valence electrons. The van der Waals surface area contributed by atoms with Crippen molar-refractivity contribution in [2.75, 3.05) is 0 Å². The van der Waals surface area contributed by atoms with Crippen LogP contribution in [0.4, 0.5) is 0 Å². The third kappa shape index (κ3) is 14.0. The van der Waals surface area contributed by atoms with Gasteiger partial charge in [0.25, 0.3) is 0 Å². The third-order valence-corrected chi connectivity index (χ3v) is 3.42. The lowest BCUT2D eigenvalue weighted by molar-refractivity contribution is -0.113. The van der Waals surface area contributed by atoms with Crippen molar-refractivity contribution in [3.63, 3.8) is 0 Å². The highest BCUT2D eigenvalue weighted by molar-refractivity contribution is 6.63. The van der Waals surface area contributed by atoms with Gasteiger partial charge in [0, 0.05) is 12.8 Å². The molecular formula is C14H24Cl2O2. The smallest absolute Gasteiger partial charge is 0.221 e. The van der Waals surface area contributed by atoms with Gasteiger partial charge < -0.3 is 0 Å². The van der Waals surface area contributed by atoms with Crippen LogP contribution in [0.25, 0.3) is 0 Å². The first-order valence-electron chi connectivity index (χ1n) is 6.89. The summed E-state index contributed by atoms with van der Waals surface area (Å²) in [5.74, 6) is 0.407. The van der Waals surface area contributed by atoms with E-state index >= 15 is 0 Å². The van der Waals surface area contributed by atoms with Crippen LogP contribution in [0.3, 0.4) is 0 Å². The van der Waals surface area contributed by atoms with Crippen LogP contribution in [-0.2, 0) is 9.59 Å². The fraction of sp³-hybridized carbons (Fsp3) is 0.857. The predicted octanol–water partition coefficient (Wildman–Crippen LogP) is 5.05. The molecule has 0 bridgehead atoms. The van der Waals surface area contributed by atoms with E-state index in [4.69, 9.17) is 23.2 Å². The second-order valence-corrected chi connectivity index (χ2v) is 5.88. The highest BCUT2D eigenvalue weighted by atomic mass is 35.5. The monoisotopic (exact) mass is 294 g/mol. The largest absolute Gasteiger partial charge is 0.281 e. The van der Waals surface area contributed by atoms with Gasteiger partial charge in [-0.25, -0.2) is 0 Å². The van der Waals surface area contributed by atoms with Crippen LogP contribution in [-0.4, -0.2) is 10.5 Å². The zero-order valence-corrected chi connectivity index (χ0v) is 12.7. The second kappa shape index (κ2) is 12.0. The first-order valence-corrected chi connectivity index (χ1v) is 7.64.